The van der Waals surface area contributed by atoms with E-state index in [4.69, 9.17) is 5.11 Å². The first kappa shape index (κ1) is 12.4. The summed E-state index contributed by atoms with van der Waals surface area (Å²) in [6.45, 7) is 3.30. The lowest BCUT2D eigenvalue weighted by Crippen LogP contribution is -2.27. The van der Waals surface area contributed by atoms with Crippen molar-refractivity contribution in [2.24, 2.45) is 0 Å². The third-order valence-corrected chi connectivity index (χ3v) is 3.21. The highest BCUT2D eigenvalue weighted by Crippen LogP contribution is 2.15. The normalized spacial score (nSPS) is 10.6. The van der Waals surface area contributed by atoms with Crippen molar-refractivity contribution >= 4 is 17.3 Å². The number of aromatic nitrogens is 4. The van der Waals surface area contributed by atoms with Crippen LogP contribution >= 0.6 is 11.3 Å². The standard InChI is InChI=1S/C10H10N4O3S/c1-5-7(3-8(15)16)6(2)14(9(17)12-5)10-13-11-4-18-10/h4H,3H2,1-2H3,(H,15,16). The summed E-state index contributed by atoms with van der Waals surface area (Å²) in [7, 11) is 0. The molecule has 0 aliphatic carbocycles. The second kappa shape index (κ2) is 4.65. The maximum atomic E-state index is 11.8. The van der Waals surface area contributed by atoms with Crippen LogP contribution in [0.3, 0.4) is 0 Å². The summed E-state index contributed by atoms with van der Waals surface area (Å²) in [5.74, 6) is -0.967. The number of carbonyl (C=O) groups is 1. The summed E-state index contributed by atoms with van der Waals surface area (Å²) < 4.78 is 1.28. The molecule has 2 rings (SSSR count). The first-order chi connectivity index (χ1) is 8.50. The van der Waals surface area contributed by atoms with E-state index in [1.165, 1.54) is 21.4 Å². The lowest BCUT2D eigenvalue weighted by Gasteiger charge is -2.11. The molecule has 18 heavy (non-hydrogen) atoms. The van der Waals surface area contributed by atoms with Crippen molar-refractivity contribution in [3.8, 4) is 5.13 Å². The Labute approximate surface area is 106 Å². The number of aryl methyl sites for hydroxylation is 1. The van der Waals surface area contributed by atoms with Gasteiger partial charge in [0.15, 0.2) is 0 Å². The van der Waals surface area contributed by atoms with Crippen LogP contribution in [0.15, 0.2) is 10.3 Å². The minimum absolute atomic E-state index is 0.177. The van der Waals surface area contributed by atoms with Crippen LogP contribution < -0.4 is 5.69 Å². The number of carboxylic acids is 1. The molecule has 8 heteroatoms. The highest BCUT2D eigenvalue weighted by atomic mass is 32.1. The van der Waals surface area contributed by atoms with Crippen molar-refractivity contribution in [1.82, 2.24) is 19.7 Å². The van der Waals surface area contributed by atoms with Gasteiger partial charge in [-0.3, -0.25) is 4.79 Å². The summed E-state index contributed by atoms with van der Waals surface area (Å²) in [6.07, 6.45) is -0.177. The van der Waals surface area contributed by atoms with Gasteiger partial charge in [0.25, 0.3) is 0 Å². The number of carboxylic acid groups (broad SMARTS) is 1. The molecular formula is C10H10N4O3S. The van der Waals surface area contributed by atoms with Crippen molar-refractivity contribution in [2.45, 2.75) is 20.3 Å². The molecule has 0 saturated heterocycles. The first-order valence-electron chi connectivity index (χ1n) is 5.08. The summed E-state index contributed by atoms with van der Waals surface area (Å²) in [5.41, 5.74) is 2.51. The molecule has 0 spiro atoms. The molecule has 1 N–H and O–H groups in total. The second-order valence-electron chi connectivity index (χ2n) is 3.67. The molecule has 2 aromatic heterocycles. The summed E-state index contributed by atoms with van der Waals surface area (Å²) >= 11 is 1.19. The topological polar surface area (TPSA) is 98.0 Å². The quantitative estimate of drug-likeness (QED) is 0.859. The van der Waals surface area contributed by atoms with Gasteiger partial charge < -0.3 is 5.11 Å². The Kier molecular flexibility index (Phi) is 3.19. The van der Waals surface area contributed by atoms with E-state index in [2.05, 4.69) is 15.2 Å². The van der Waals surface area contributed by atoms with Crippen LogP contribution in [0.5, 0.6) is 0 Å². The summed E-state index contributed by atoms with van der Waals surface area (Å²) in [5, 5.41) is 16.7. The Balaban J connectivity index is 2.68. The first-order valence-corrected chi connectivity index (χ1v) is 5.96. The fourth-order valence-electron chi connectivity index (χ4n) is 1.70. The van der Waals surface area contributed by atoms with Crippen molar-refractivity contribution in [3.05, 3.63) is 32.9 Å². The van der Waals surface area contributed by atoms with Gasteiger partial charge in [-0.15, -0.1) is 10.2 Å². The van der Waals surface area contributed by atoms with Crippen LogP contribution in [0.2, 0.25) is 0 Å². The fourth-order valence-corrected chi connectivity index (χ4v) is 2.30. The maximum absolute atomic E-state index is 11.8. The summed E-state index contributed by atoms with van der Waals surface area (Å²) in [6, 6.07) is 0. The predicted molar refractivity (Wildman–Crippen MR) is 64.1 cm³/mol. The van der Waals surface area contributed by atoms with E-state index >= 15 is 0 Å². The lowest BCUT2D eigenvalue weighted by atomic mass is 10.1. The Morgan fingerprint density at radius 1 is 1.50 bits per heavy atom. The Bertz CT molecular complexity index is 648. The molecule has 0 fully saturated rings. The van der Waals surface area contributed by atoms with Gasteiger partial charge >= 0.3 is 11.7 Å². The molecule has 0 unspecified atom stereocenters. The largest absolute Gasteiger partial charge is 0.481 e. The zero-order valence-electron chi connectivity index (χ0n) is 9.75. The molecule has 0 aliphatic heterocycles. The van der Waals surface area contributed by atoms with E-state index in [1.54, 1.807) is 13.8 Å². The van der Waals surface area contributed by atoms with Gasteiger partial charge in [0.1, 0.15) is 5.51 Å². The molecule has 0 amide bonds. The third-order valence-electron chi connectivity index (χ3n) is 2.53. The van der Waals surface area contributed by atoms with E-state index in [0.717, 1.165) is 0 Å². The van der Waals surface area contributed by atoms with Crippen LogP contribution in [0.4, 0.5) is 0 Å². The van der Waals surface area contributed by atoms with Gasteiger partial charge in [-0.05, 0) is 13.8 Å². The average molecular weight is 266 g/mol. The zero-order valence-corrected chi connectivity index (χ0v) is 10.6. The van der Waals surface area contributed by atoms with Crippen LogP contribution in [-0.4, -0.2) is 30.8 Å². The molecule has 0 aromatic carbocycles. The highest BCUT2D eigenvalue weighted by molar-refractivity contribution is 7.11. The van der Waals surface area contributed by atoms with Crippen LogP contribution in [-0.2, 0) is 11.2 Å². The third kappa shape index (κ3) is 2.14. The monoisotopic (exact) mass is 266 g/mol. The van der Waals surface area contributed by atoms with Crippen molar-refractivity contribution in [1.29, 1.82) is 0 Å². The van der Waals surface area contributed by atoms with Gasteiger partial charge in [-0.2, -0.15) is 4.98 Å². The smallest absolute Gasteiger partial charge is 0.354 e. The molecule has 0 bridgehead atoms. The van der Waals surface area contributed by atoms with Gasteiger partial charge in [0.2, 0.25) is 5.13 Å². The number of nitrogens with zero attached hydrogens (tertiary/aromatic N) is 4. The van der Waals surface area contributed by atoms with Crippen molar-refractivity contribution in [3.63, 3.8) is 0 Å². The molecule has 2 heterocycles. The SMILES string of the molecule is Cc1nc(=O)n(-c2nncs2)c(C)c1CC(=O)O. The van der Waals surface area contributed by atoms with Gasteiger partial charge in [-0.1, -0.05) is 11.3 Å². The molecule has 7 nitrogen and oxygen atoms in total. The van der Waals surface area contributed by atoms with E-state index < -0.39 is 11.7 Å². The minimum Gasteiger partial charge on any atom is -0.481 e. The molecule has 0 radical (unpaired) electrons. The van der Waals surface area contributed by atoms with E-state index in [1.807, 2.05) is 0 Å². The van der Waals surface area contributed by atoms with E-state index in [-0.39, 0.29) is 6.42 Å². The molecule has 0 saturated carbocycles. The lowest BCUT2D eigenvalue weighted by molar-refractivity contribution is -0.136. The molecule has 0 atom stereocenters. The predicted octanol–water partition coefficient (Wildman–Crippen LogP) is 0.328. The zero-order chi connectivity index (χ0) is 13.3. The number of aliphatic carboxylic acids is 1. The maximum Gasteiger partial charge on any atom is 0.354 e. The van der Waals surface area contributed by atoms with Gasteiger partial charge in [-0.25, -0.2) is 9.36 Å². The molecular weight excluding hydrogens is 256 g/mol. The molecule has 94 valence electrons. The second-order valence-corrected chi connectivity index (χ2v) is 4.48. The fraction of sp³-hybridized carbons (Fsp3) is 0.300. The van der Waals surface area contributed by atoms with Crippen LogP contribution in [0.1, 0.15) is 17.0 Å². The minimum atomic E-state index is -0.967. The van der Waals surface area contributed by atoms with E-state index in [9.17, 15) is 9.59 Å². The Hall–Kier alpha value is -2.09. The highest BCUT2D eigenvalue weighted by Gasteiger charge is 2.16. The Morgan fingerprint density at radius 3 is 2.78 bits per heavy atom. The van der Waals surface area contributed by atoms with Gasteiger partial charge in [0.05, 0.1) is 6.42 Å². The molecule has 2 aromatic rings. The summed E-state index contributed by atoms with van der Waals surface area (Å²) in [4.78, 5) is 26.5. The molecule has 0 aliphatic rings. The van der Waals surface area contributed by atoms with Crippen molar-refractivity contribution < 1.29 is 9.90 Å². The van der Waals surface area contributed by atoms with Crippen LogP contribution in [0, 0.1) is 13.8 Å². The average Bonchev–Trinajstić information content (AvgIpc) is 2.77. The van der Waals surface area contributed by atoms with E-state index in [0.29, 0.717) is 22.1 Å². The van der Waals surface area contributed by atoms with Gasteiger partial charge in [0, 0.05) is 17.0 Å². The number of rotatable bonds is 3. The number of hydrogen-bond acceptors (Lipinski definition) is 6. The van der Waals surface area contributed by atoms with Crippen molar-refractivity contribution in [2.75, 3.05) is 0 Å². The van der Waals surface area contributed by atoms with Crippen LogP contribution in [0.25, 0.3) is 5.13 Å². The Morgan fingerprint density at radius 2 is 2.22 bits per heavy atom. The number of hydrogen-bond donors (Lipinski definition) is 1.